The third-order valence-electron chi connectivity index (χ3n) is 4.71. The van der Waals surface area contributed by atoms with E-state index in [9.17, 15) is 4.79 Å². The maximum absolute atomic E-state index is 12.5. The van der Waals surface area contributed by atoms with E-state index in [0.717, 1.165) is 50.6 Å². The molecule has 0 radical (unpaired) electrons. The smallest absolute Gasteiger partial charge is 0.239 e. The number of amides is 1. The standard InChI is InChI=1S/C17H24ClN3O.2ClH/c1-13-5-6-14(18)12-16(13)20-8-10-21(11-9-20)17(22)15-4-2-3-7-19-15;;/h5-6,12,15,19H,2-4,7-11H2,1H3;2*1H/t15-;;/m1../s1. The summed E-state index contributed by atoms with van der Waals surface area (Å²) in [6.07, 6.45) is 3.32. The van der Waals surface area contributed by atoms with Gasteiger partial charge in [0.1, 0.15) is 0 Å². The van der Waals surface area contributed by atoms with E-state index in [1.165, 1.54) is 17.7 Å². The molecule has 2 aliphatic rings. The summed E-state index contributed by atoms with van der Waals surface area (Å²) in [5, 5.41) is 4.12. The summed E-state index contributed by atoms with van der Waals surface area (Å²) < 4.78 is 0. The van der Waals surface area contributed by atoms with Gasteiger partial charge in [-0.1, -0.05) is 24.1 Å². The van der Waals surface area contributed by atoms with Gasteiger partial charge in [0.15, 0.2) is 0 Å². The predicted octanol–water partition coefficient (Wildman–Crippen LogP) is 3.28. The second-order valence-electron chi connectivity index (χ2n) is 6.25. The maximum atomic E-state index is 12.5. The molecule has 0 unspecified atom stereocenters. The van der Waals surface area contributed by atoms with Crippen molar-refractivity contribution in [1.82, 2.24) is 10.2 Å². The number of nitrogens with one attached hydrogen (secondary N) is 1. The molecule has 0 saturated carbocycles. The molecule has 2 saturated heterocycles. The average molecular weight is 395 g/mol. The van der Waals surface area contributed by atoms with E-state index in [2.05, 4.69) is 23.2 Å². The normalized spacial score (nSPS) is 20.8. The molecule has 2 fully saturated rings. The van der Waals surface area contributed by atoms with E-state index >= 15 is 0 Å². The molecular formula is C17H26Cl3N3O. The highest BCUT2D eigenvalue weighted by molar-refractivity contribution is 6.30. The van der Waals surface area contributed by atoms with Gasteiger partial charge < -0.3 is 15.1 Å². The van der Waals surface area contributed by atoms with Crippen molar-refractivity contribution in [3.63, 3.8) is 0 Å². The van der Waals surface area contributed by atoms with E-state index < -0.39 is 0 Å². The Morgan fingerprint density at radius 2 is 1.88 bits per heavy atom. The van der Waals surface area contributed by atoms with Crippen LogP contribution in [0, 0.1) is 6.92 Å². The monoisotopic (exact) mass is 393 g/mol. The van der Waals surface area contributed by atoms with Gasteiger partial charge in [-0.25, -0.2) is 0 Å². The highest BCUT2D eigenvalue weighted by Crippen LogP contribution is 2.25. The molecule has 1 N–H and O–H groups in total. The number of halogens is 3. The van der Waals surface area contributed by atoms with Crippen molar-refractivity contribution in [2.24, 2.45) is 0 Å². The Morgan fingerprint density at radius 3 is 2.50 bits per heavy atom. The number of hydrogen-bond donors (Lipinski definition) is 1. The fraction of sp³-hybridized carbons (Fsp3) is 0.588. The van der Waals surface area contributed by atoms with Crippen LogP contribution in [-0.2, 0) is 4.79 Å². The van der Waals surface area contributed by atoms with Gasteiger partial charge in [0.2, 0.25) is 5.91 Å². The molecule has 1 amide bonds. The second kappa shape index (κ2) is 9.71. The quantitative estimate of drug-likeness (QED) is 0.836. The van der Waals surface area contributed by atoms with Crippen molar-refractivity contribution in [2.75, 3.05) is 37.6 Å². The van der Waals surface area contributed by atoms with Gasteiger partial charge in [0, 0.05) is 36.9 Å². The molecule has 24 heavy (non-hydrogen) atoms. The Bertz CT molecular complexity index is 542. The van der Waals surface area contributed by atoms with E-state index in [1.54, 1.807) is 0 Å². The van der Waals surface area contributed by atoms with E-state index in [-0.39, 0.29) is 36.8 Å². The number of carbonyl (C=O) groups excluding carboxylic acids is 1. The van der Waals surface area contributed by atoms with E-state index in [4.69, 9.17) is 11.6 Å². The fourth-order valence-corrected chi connectivity index (χ4v) is 3.54. The number of piperazine rings is 1. The van der Waals surface area contributed by atoms with Crippen LogP contribution in [0.3, 0.4) is 0 Å². The molecule has 7 heteroatoms. The third kappa shape index (κ3) is 4.92. The summed E-state index contributed by atoms with van der Waals surface area (Å²) in [6.45, 7) is 6.42. The van der Waals surface area contributed by atoms with Crippen molar-refractivity contribution < 1.29 is 4.79 Å². The first-order valence-electron chi connectivity index (χ1n) is 8.18. The molecule has 2 heterocycles. The molecule has 1 aromatic rings. The highest BCUT2D eigenvalue weighted by atomic mass is 35.5. The Morgan fingerprint density at radius 1 is 1.17 bits per heavy atom. The van der Waals surface area contributed by atoms with Crippen LogP contribution in [0.15, 0.2) is 18.2 Å². The lowest BCUT2D eigenvalue weighted by molar-refractivity contribution is -0.134. The van der Waals surface area contributed by atoms with Gasteiger partial charge in [-0.15, -0.1) is 24.8 Å². The number of nitrogens with zero attached hydrogens (tertiary/aromatic N) is 2. The first-order chi connectivity index (χ1) is 10.6. The largest absolute Gasteiger partial charge is 0.368 e. The summed E-state index contributed by atoms with van der Waals surface area (Å²) in [6, 6.07) is 6.04. The minimum absolute atomic E-state index is 0. The van der Waals surface area contributed by atoms with Crippen molar-refractivity contribution in [3.8, 4) is 0 Å². The molecule has 0 bridgehead atoms. The molecule has 136 valence electrons. The molecule has 1 aromatic carbocycles. The van der Waals surface area contributed by atoms with Crippen LogP contribution in [0.5, 0.6) is 0 Å². The van der Waals surface area contributed by atoms with Crippen LogP contribution in [0.1, 0.15) is 24.8 Å². The van der Waals surface area contributed by atoms with Crippen LogP contribution in [0.25, 0.3) is 0 Å². The summed E-state index contributed by atoms with van der Waals surface area (Å²) in [4.78, 5) is 16.9. The number of anilines is 1. The Balaban J connectivity index is 0.00000144. The van der Waals surface area contributed by atoms with Gasteiger partial charge in [-0.3, -0.25) is 4.79 Å². The molecule has 0 aromatic heterocycles. The van der Waals surface area contributed by atoms with Gasteiger partial charge >= 0.3 is 0 Å². The maximum Gasteiger partial charge on any atom is 0.239 e. The lowest BCUT2D eigenvalue weighted by atomic mass is 10.0. The molecule has 3 rings (SSSR count). The minimum Gasteiger partial charge on any atom is -0.368 e. The van der Waals surface area contributed by atoms with Gasteiger partial charge in [-0.2, -0.15) is 0 Å². The zero-order valence-electron chi connectivity index (χ0n) is 14.0. The molecule has 0 aliphatic carbocycles. The number of piperidine rings is 1. The summed E-state index contributed by atoms with van der Waals surface area (Å²) >= 11 is 6.12. The van der Waals surface area contributed by atoms with Crippen LogP contribution in [0.2, 0.25) is 5.02 Å². The van der Waals surface area contributed by atoms with Gasteiger partial charge in [0.25, 0.3) is 0 Å². The lowest BCUT2D eigenvalue weighted by Crippen LogP contribution is -2.55. The number of aryl methyl sites for hydroxylation is 1. The molecular weight excluding hydrogens is 369 g/mol. The van der Waals surface area contributed by atoms with E-state index in [0.29, 0.717) is 0 Å². The van der Waals surface area contributed by atoms with Crippen LogP contribution < -0.4 is 10.2 Å². The number of carbonyl (C=O) groups is 1. The molecule has 1 atom stereocenters. The summed E-state index contributed by atoms with van der Waals surface area (Å²) in [5.74, 6) is 0.280. The molecule has 2 aliphatic heterocycles. The third-order valence-corrected chi connectivity index (χ3v) is 4.95. The Kier molecular flexibility index (Phi) is 8.65. The Hall–Kier alpha value is -0.680. The van der Waals surface area contributed by atoms with Crippen molar-refractivity contribution in [2.45, 2.75) is 32.2 Å². The first kappa shape index (κ1) is 21.4. The minimum atomic E-state index is 0. The molecule has 4 nitrogen and oxygen atoms in total. The number of hydrogen-bond acceptors (Lipinski definition) is 3. The SMILES string of the molecule is Cc1ccc(Cl)cc1N1CCN(C(=O)[C@H]2CCCCN2)CC1.Cl.Cl. The topological polar surface area (TPSA) is 35.6 Å². The summed E-state index contributed by atoms with van der Waals surface area (Å²) in [7, 11) is 0. The number of rotatable bonds is 2. The number of benzene rings is 1. The van der Waals surface area contributed by atoms with Crippen LogP contribution in [0.4, 0.5) is 5.69 Å². The van der Waals surface area contributed by atoms with Gasteiger partial charge in [0.05, 0.1) is 6.04 Å². The average Bonchev–Trinajstić information content (AvgIpc) is 2.57. The highest BCUT2D eigenvalue weighted by Gasteiger charge is 2.28. The second-order valence-corrected chi connectivity index (χ2v) is 6.68. The zero-order valence-corrected chi connectivity index (χ0v) is 16.4. The van der Waals surface area contributed by atoms with Gasteiger partial charge in [-0.05, 0) is 44.0 Å². The first-order valence-corrected chi connectivity index (χ1v) is 8.56. The van der Waals surface area contributed by atoms with Crippen molar-refractivity contribution in [1.29, 1.82) is 0 Å². The summed E-state index contributed by atoms with van der Waals surface area (Å²) in [5.41, 5.74) is 2.42. The van der Waals surface area contributed by atoms with Crippen molar-refractivity contribution in [3.05, 3.63) is 28.8 Å². The van der Waals surface area contributed by atoms with E-state index in [1.807, 2.05) is 17.0 Å². The predicted molar refractivity (Wildman–Crippen MR) is 105 cm³/mol. The fourth-order valence-electron chi connectivity index (χ4n) is 3.37. The van der Waals surface area contributed by atoms with Crippen molar-refractivity contribution >= 4 is 48.0 Å². The molecule has 0 spiro atoms. The zero-order chi connectivity index (χ0) is 15.5. The lowest BCUT2D eigenvalue weighted by Gasteiger charge is -2.38. The van der Waals surface area contributed by atoms with Crippen LogP contribution >= 0.6 is 36.4 Å². The Labute approximate surface area is 161 Å². The van der Waals surface area contributed by atoms with Crippen LogP contribution in [-0.4, -0.2) is 49.6 Å².